The van der Waals surface area contributed by atoms with Crippen molar-refractivity contribution in [3.8, 4) is 0 Å². The molecule has 334 valence electrons. The number of phosphoric ester groups is 1. The first-order valence-corrected chi connectivity index (χ1v) is 22.7. The van der Waals surface area contributed by atoms with Crippen molar-refractivity contribution in [1.29, 1.82) is 0 Å². The molecule has 9 atom stereocenters. The molecule has 0 radical (unpaired) electrons. The molecule has 2 aliphatic rings. The molecule has 27 heteroatoms. The van der Waals surface area contributed by atoms with Gasteiger partial charge in [0, 0.05) is 30.4 Å². The third-order valence-corrected chi connectivity index (χ3v) is 13.0. The van der Waals surface area contributed by atoms with Crippen LogP contribution in [0.15, 0.2) is 77.6 Å². The quantitative estimate of drug-likeness (QED) is 0.0298. The van der Waals surface area contributed by atoms with Gasteiger partial charge in [-0.3, -0.25) is 27.8 Å². The number of ether oxygens (including phenoxy) is 3. The van der Waals surface area contributed by atoms with Crippen LogP contribution in [0.4, 0.5) is 11.6 Å². The molecule has 2 saturated heterocycles. The van der Waals surface area contributed by atoms with Crippen LogP contribution in [0.2, 0.25) is 0 Å². The fourth-order valence-electron chi connectivity index (χ4n) is 6.65. The fourth-order valence-corrected chi connectivity index (χ4v) is 9.35. The van der Waals surface area contributed by atoms with Gasteiger partial charge in [0.25, 0.3) is 0 Å². The van der Waals surface area contributed by atoms with Crippen LogP contribution in [0.1, 0.15) is 44.6 Å². The predicted molar refractivity (Wildman–Crippen MR) is 216 cm³/mol. The number of aromatic nitrogens is 6. The van der Waals surface area contributed by atoms with E-state index < -0.39 is 101 Å². The van der Waals surface area contributed by atoms with E-state index in [-0.39, 0.29) is 53.6 Å². The zero-order valence-electron chi connectivity index (χ0n) is 32.5. The highest BCUT2D eigenvalue weighted by atomic mass is 32.2. The Kier molecular flexibility index (Phi) is 15.1. The molecule has 62 heavy (non-hydrogen) atoms. The van der Waals surface area contributed by atoms with E-state index in [1.807, 2.05) is 0 Å². The zero-order chi connectivity index (χ0) is 44.8. The number of aliphatic hydroxyl groups is 1. The Bertz CT molecular complexity index is 2420. The van der Waals surface area contributed by atoms with Gasteiger partial charge in [-0.05, 0) is 31.0 Å². The summed E-state index contributed by atoms with van der Waals surface area (Å²) in [5, 5.41) is 14.0. The number of nitrogens with zero attached hydrogens (tertiary/aromatic N) is 6. The zero-order valence-corrected chi connectivity index (χ0v) is 35.1. The van der Waals surface area contributed by atoms with Crippen molar-refractivity contribution in [2.75, 3.05) is 24.7 Å². The van der Waals surface area contributed by atoms with Gasteiger partial charge in [-0.2, -0.15) is 4.98 Å². The number of hydrogen-bond acceptors (Lipinski definition) is 19. The van der Waals surface area contributed by atoms with Crippen molar-refractivity contribution in [2.24, 2.45) is 0 Å². The number of rotatable bonds is 19. The lowest BCUT2D eigenvalue weighted by Gasteiger charge is -2.26. The molecule has 1 aromatic carbocycles. The van der Waals surface area contributed by atoms with E-state index in [1.165, 1.54) is 29.2 Å². The molecule has 3 aromatic heterocycles. The summed E-state index contributed by atoms with van der Waals surface area (Å²) >= 11 is 0.936. The molecule has 0 saturated carbocycles. The predicted octanol–water partition coefficient (Wildman–Crippen LogP) is 0.935. The number of anilines is 2. The van der Waals surface area contributed by atoms with Crippen LogP contribution < -0.4 is 22.5 Å². The number of hydrogen-bond donors (Lipinski definition) is 7. The average Bonchev–Trinajstić information content (AvgIpc) is 3.93. The van der Waals surface area contributed by atoms with Gasteiger partial charge >= 0.3 is 27.1 Å². The highest BCUT2D eigenvalue weighted by molar-refractivity contribution is 8.13. The van der Waals surface area contributed by atoms with Gasteiger partial charge in [-0.25, -0.2) is 29.1 Å². The molecule has 4 aromatic rings. The standard InChI is InChI=1S/C35H43N9O15P2S/c1-2-3-9-25(45)41-20(10-11-27(46)62-19-7-5-4-6-8-19)34(48)59-30-22(58-33(29(30)47)44-18-40-28-31(37)38-17-39-32(28)44)16-55-60(50,51)23-14-26(43-13-12-24(36)42-35(43)49)57-21(23)15-56-61(52,53)54/h2,4-8,12-13,17-18,20-23,26,29-30,33,47H,1,3,9-11,14-16H2,(H,41,45)(H,50,51)(H2,36,42,49)(H2,37,38,39)(H2,52,53,54)/t20-,21+,22+,23-,26+,29+,30+,33+/m0/s1. The smallest absolute Gasteiger partial charge is 0.455 e. The molecule has 1 amide bonds. The van der Waals surface area contributed by atoms with Crippen molar-refractivity contribution in [3.63, 3.8) is 0 Å². The topological polar surface area (TPSA) is 355 Å². The minimum absolute atomic E-state index is 0.00767. The lowest BCUT2D eigenvalue weighted by Crippen LogP contribution is -2.46. The molecule has 0 bridgehead atoms. The number of imidazole rings is 1. The number of amides is 1. The van der Waals surface area contributed by atoms with E-state index in [9.17, 15) is 48.1 Å². The number of nitrogen functional groups attached to an aromatic ring is 2. The minimum Gasteiger partial charge on any atom is -0.455 e. The molecule has 1 unspecified atom stereocenters. The highest BCUT2D eigenvalue weighted by Gasteiger charge is 2.52. The van der Waals surface area contributed by atoms with Crippen LogP contribution in [-0.2, 0) is 46.8 Å². The number of nitrogens with one attached hydrogen (secondary N) is 1. The summed E-state index contributed by atoms with van der Waals surface area (Å²) in [5.41, 5.74) is 9.29. The van der Waals surface area contributed by atoms with Crippen molar-refractivity contribution in [2.45, 2.75) is 85.6 Å². The van der Waals surface area contributed by atoms with Crippen molar-refractivity contribution in [3.05, 3.63) is 78.4 Å². The summed E-state index contributed by atoms with van der Waals surface area (Å²) in [6.45, 7) is 1.81. The normalized spacial score (nSPS) is 24.0. The summed E-state index contributed by atoms with van der Waals surface area (Å²) in [7, 11) is -10.1. The number of esters is 1. The maximum Gasteiger partial charge on any atom is 0.469 e. The summed E-state index contributed by atoms with van der Waals surface area (Å²) in [5.74, 6) is -1.79. The Morgan fingerprint density at radius 3 is 2.47 bits per heavy atom. The van der Waals surface area contributed by atoms with Crippen LogP contribution >= 0.6 is 27.2 Å². The van der Waals surface area contributed by atoms with E-state index >= 15 is 0 Å². The van der Waals surface area contributed by atoms with Crippen molar-refractivity contribution >= 4 is 67.0 Å². The molecule has 0 aliphatic carbocycles. The summed E-state index contributed by atoms with van der Waals surface area (Å²) in [4.78, 5) is 99.0. The first-order valence-electron chi connectivity index (χ1n) is 18.7. The number of phosphoric acid groups is 1. The SMILES string of the molecule is C=CCCC(=O)N[C@@H](CCC(=O)Sc1ccccc1)C(=O)O[C@H]1[C@@H](O)[C@H](n2cnc3c(N)ncnc32)O[C@@H]1COP(=O)(O)[C@H]1C[C@H](n2ccc(N)nc2=O)O[C@@H]1COP(=O)(O)O. The minimum atomic E-state index is -5.13. The van der Waals surface area contributed by atoms with E-state index in [1.54, 1.807) is 30.3 Å². The molecule has 2 fully saturated rings. The third-order valence-electron chi connectivity index (χ3n) is 9.65. The van der Waals surface area contributed by atoms with Crippen LogP contribution in [0.3, 0.4) is 0 Å². The second-order valence-electron chi connectivity index (χ2n) is 13.9. The number of carbonyl (C=O) groups excluding carboxylic acids is 3. The number of carbonyl (C=O) groups is 3. The Balaban J connectivity index is 1.25. The molecule has 5 heterocycles. The summed E-state index contributed by atoms with van der Waals surface area (Å²) in [6, 6.07) is 8.59. The Labute approximate surface area is 355 Å². The third kappa shape index (κ3) is 11.6. The number of fused-ring (bicyclic) bond motifs is 1. The van der Waals surface area contributed by atoms with E-state index in [0.29, 0.717) is 4.90 Å². The van der Waals surface area contributed by atoms with Crippen LogP contribution in [-0.4, -0.2) is 115 Å². The number of allylic oxidation sites excluding steroid dienone is 1. The van der Waals surface area contributed by atoms with Gasteiger partial charge < -0.3 is 55.3 Å². The average molecular weight is 924 g/mol. The summed E-state index contributed by atoms with van der Waals surface area (Å²) < 4.78 is 55.7. The van der Waals surface area contributed by atoms with Gasteiger partial charge in [0.05, 0.1) is 31.3 Å². The van der Waals surface area contributed by atoms with E-state index in [0.717, 1.165) is 22.7 Å². The Hall–Kier alpha value is -4.91. The van der Waals surface area contributed by atoms with Crippen LogP contribution in [0.5, 0.6) is 0 Å². The largest absolute Gasteiger partial charge is 0.469 e. The lowest BCUT2D eigenvalue weighted by atomic mass is 10.1. The Morgan fingerprint density at radius 2 is 1.76 bits per heavy atom. The van der Waals surface area contributed by atoms with Gasteiger partial charge in [0.2, 0.25) is 5.91 Å². The van der Waals surface area contributed by atoms with Gasteiger partial charge in [0.1, 0.15) is 42.1 Å². The van der Waals surface area contributed by atoms with Gasteiger partial charge in [-0.1, -0.05) is 36.0 Å². The molecule has 24 nitrogen and oxygen atoms in total. The number of benzene rings is 1. The van der Waals surface area contributed by atoms with E-state index in [2.05, 4.69) is 36.4 Å². The second kappa shape index (κ2) is 20.1. The first kappa shape index (κ1) is 46.6. The van der Waals surface area contributed by atoms with Gasteiger partial charge in [-0.15, -0.1) is 6.58 Å². The molecule has 2 aliphatic heterocycles. The van der Waals surface area contributed by atoms with Crippen molar-refractivity contribution < 1.29 is 66.6 Å². The molecule has 6 rings (SSSR count). The van der Waals surface area contributed by atoms with Crippen molar-refractivity contribution in [1.82, 2.24) is 34.4 Å². The number of aliphatic hydroxyl groups excluding tert-OH is 1. The monoisotopic (exact) mass is 923 g/mol. The Morgan fingerprint density at radius 1 is 1.02 bits per heavy atom. The molecule has 9 N–H and O–H groups in total. The highest BCUT2D eigenvalue weighted by Crippen LogP contribution is 2.56. The molecular weight excluding hydrogens is 880 g/mol. The van der Waals surface area contributed by atoms with Crippen LogP contribution in [0, 0.1) is 0 Å². The van der Waals surface area contributed by atoms with E-state index in [4.69, 9.17) is 30.2 Å². The number of nitrogens with two attached hydrogens (primary N) is 2. The second-order valence-corrected chi connectivity index (χ2v) is 18.4. The van der Waals surface area contributed by atoms with Gasteiger partial charge in [0.15, 0.2) is 28.9 Å². The maximum absolute atomic E-state index is 14.1. The first-order chi connectivity index (χ1) is 29.4. The molecular formula is C35H43N9O15P2S. The lowest BCUT2D eigenvalue weighted by molar-refractivity contribution is -0.160. The molecule has 0 spiro atoms. The number of thioether (sulfide) groups is 1. The maximum atomic E-state index is 14.1. The summed E-state index contributed by atoms with van der Waals surface area (Å²) in [6.07, 6.45) is -4.83. The van der Waals surface area contributed by atoms with Crippen LogP contribution in [0.25, 0.3) is 11.2 Å². The fraction of sp³-hybridized carbons (Fsp3) is 0.429.